The van der Waals surface area contributed by atoms with Gasteiger partial charge in [-0.25, -0.2) is 17.6 Å². The molecule has 0 radical (unpaired) electrons. The number of carbonyl (C=O) groups is 1. The monoisotopic (exact) mass is 447 g/mol. The van der Waals surface area contributed by atoms with E-state index in [0.717, 1.165) is 0 Å². The number of aliphatic carboxylic acids is 1. The first-order chi connectivity index (χ1) is 14.7. The lowest BCUT2D eigenvalue weighted by molar-refractivity contribution is -0.132. The normalized spacial score (nSPS) is 16.5. The number of carboxylic acids is 1. The number of benzene rings is 2. The predicted octanol–water partition coefficient (Wildman–Crippen LogP) is 3.95. The zero-order chi connectivity index (χ0) is 22.8. The molecular formula is C23H26FNO5S. The second kappa shape index (κ2) is 9.30. The number of hydrogen-bond donors (Lipinski definition) is 1. The van der Waals surface area contributed by atoms with E-state index in [2.05, 4.69) is 0 Å². The number of nitrogens with zero attached hydrogens (tertiary/aromatic N) is 1. The second-order valence-corrected chi connectivity index (χ2v) is 9.46. The SMILES string of the molecule is CCC(=Cc1cccc(F)c1-c1ccc(S(=O)(=O)N(C)C[C@H]2CO2)c(CC)c1)C(=O)O. The highest BCUT2D eigenvalue weighted by molar-refractivity contribution is 7.89. The molecule has 1 fully saturated rings. The largest absolute Gasteiger partial charge is 0.478 e. The fourth-order valence-electron chi connectivity index (χ4n) is 3.46. The van der Waals surface area contributed by atoms with Gasteiger partial charge in [-0.2, -0.15) is 4.31 Å². The molecule has 0 unspecified atom stereocenters. The van der Waals surface area contributed by atoms with Gasteiger partial charge < -0.3 is 9.84 Å². The molecule has 2 aromatic rings. The van der Waals surface area contributed by atoms with E-state index in [0.29, 0.717) is 36.1 Å². The van der Waals surface area contributed by atoms with Crippen LogP contribution in [-0.2, 0) is 26.0 Å². The molecule has 6 nitrogen and oxygen atoms in total. The molecule has 0 aliphatic carbocycles. The van der Waals surface area contributed by atoms with Crippen molar-refractivity contribution < 1.29 is 27.4 Å². The van der Waals surface area contributed by atoms with Crippen LogP contribution >= 0.6 is 0 Å². The number of hydrogen-bond acceptors (Lipinski definition) is 4. The Labute approximate surface area is 182 Å². The van der Waals surface area contributed by atoms with Crippen molar-refractivity contribution in [3.63, 3.8) is 0 Å². The van der Waals surface area contributed by atoms with Crippen LogP contribution in [0.2, 0.25) is 0 Å². The maximum atomic E-state index is 14.8. The molecule has 31 heavy (non-hydrogen) atoms. The molecule has 0 amide bonds. The van der Waals surface area contributed by atoms with Gasteiger partial charge in [-0.05, 0) is 53.8 Å². The molecule has 1 atom stereocenters. The van der Waals surface area contributed by atoms with E-state index in [1.165, 1.54) is 35.6 Å². The van der Waals surface area contributed by atoms with Crippen molar-refractivity contribution in [3.05, 3.63) is 58.9 Å². The van der Waals surface area contributed by atoms with Gasteiger partial charge in [0.25, 0.3) is 0 Å². The predicted molar refractivity (Wildman–Crippen MR) is 117 cm³/mol. The lowest BCUT2D eigenvalue weighted by atomic mass is 9.95. The molecule has 1 heterocycles. The van der Waals surface area contributed by atoms with E-state index in [1.807, 2.05) is 6.92 Å². The smallest absolute Gasteiger partial charge is 0.331 e. The summed E-state index contributed by atoms with van der Waals surface area (Å²) in [5.74, 6) is -1.56. The van der Waals surface area contributed by atoms with Gasteiger partial charge in [0.1, 0.15) is 5.82 Å². The van der Waals surface area contributed by atoms with Crippen LogP contribution in [0.1, 0.15) is 31.4 Å². The molecular weight excluding hydrogens is 421 g/mol. The number of aryl methyl sites for hydroxylation is 1. The van der Waals surface area contributed by atoms with Crippen molar-refractivity contribution in [3.8, 4) is 11.1 Å². The van der Waals surface area contributed by atoms with Crippen molar-refractivity contribution in [1.82, 2.24) is 4.31 Å². The van der Waals surface area contributed by atoms with E-state index in [-0.39, 0.29) is 28.7 Å². The van der Waals surface area contributed by atoms with Crippen LogP contribution in [0.15, 0.2) is 46.9 Å². The Hall–Kier alpha value is -2.55. The summed E-state index contributed by atoms with van der Waals surface area (Å²) in [5, 5.41) is 9.35. The highest BCUT2D eigenvalue weighted by atomic mass is 32.2. The molecule has 0 bridgehead atoms. The number of rotatable bonds is 9. The zero-order valence-corrected chi connectivity index (χ0v) is 18.6. The molecule has 2 aromatic carbocycles. The molecule has 1 N–H and O–H groups in total. The molecule has 1 aliphatic heterocycles. The van der Waals surface area contributed by atoms with Gasteiger partial charge in [0.2, 0.25) is 10.0 Å². The third kappa shape index (κ3) is 5.03. The lowest BCUT2D eigenvalue weighted by Crippen LogP contribution is -2.31. The average Bonchev–Trinajstić information content (AvgIpc) is 3.55. The van der Waals surface area contributed by atoms with Gasteiger partial charge in [-0.15, -0.1) is 0 Å². The van der Waals surface area contributed by atoms with Crippen molar-refractivity contribution in [1.29, 1.82) is 0 Å². The van der Waals surface area contributed by atoms with Gasteiger partial charge >= 0.3 is 5.97 Å². The van der Waals surface area contributed by atoms with Gasteiger partial charge in [0, 0.05) is 24.7 Å². The molecule has 1 aliphatic rings. The van der Waals surface area contributed by atoms with Crippen LogP contribution in [0.25, 0.3) is 17.2 Å². The van der Waals surface area contributed by atoms with Gasteiger partial charge in [-0.1, -0.05) is 32.0 Å². The topological polar surface area (TPSA) is 87.2 Å². The zero-order valence-electron chi connectivity index (χ0n) is 17.8. The Morgan fingerprint density at radius 1 is 1.29 bits per heavy atom. The van der Waals surface area contributed by atoms with Crippen LogP contribution in [0.5, 0.6) is 0 Å². The van der Waals surface area contributed by atoms with Crippen molar-refractivity contribution >= 4 is 22.1 Å². The molecule has 0 aromatic heterocycles. The summed E-state index contributed by atoms with van der Waals surface area (Å²) in [6, 6.07) is 9.20. The fourth-order valence-corrected chi connectivity index (χ4v) is 4.93. The minimum Gasteiger partial charge on any atom is -0.478 e. The average molecular weight is 448 g/mol. The summed E-state index contributed by atoms with van der Waals surface area (Å²) in [6.07, 6.45) is 2.12. The highest BCUT2D eigenvalue weighted by Crippen LogP contribution is 2.32. The van der Waals surface area contributed by atoms with E-state index in [1.54, 1.807) is 25.1 Å². The number of likely N-dealkylation sites (N-methyl/N-ethyl adjacent to an activating group) is 1. The van der Waals surface area contributed by atoms with Crippen LogP contribution in [0, 0.1) is 5.82 Å². The number of sulfonamides is 1. The van der Waals surface area contributed by atoms with Gasteiger partial charge in [0.05, 0.1) is 17.6 Å². The van der Waals surface area contributed by atoms with Crippen LogP contribution < -0.4 is 0 Å². The maximum Gasteiger partial charge on any atom is 0.331 e. The van der Waals surface area contributed by atoms with Crippen molar-refractivity contribution in [2.75, 3.05) is 20.2 Å². The lowest BCUT2D eigenvalue weighted by Gasteiger charge is -2.19. The first kappa shape index (κ1) is 23.1. The Balaban J connectivity index is 2.08. The Morgan fingerprint density at radius 2 is 2.00 bits per heavy atom. The molecule has 3 rings (SSSR count). The number of carboxylic acid groups (broad SMARTS) is 1. The fraction of sp³-hybridized carbons (Fsp3) is 0.348. The van der Waals surface area contributed by atoms with E-state index < -0.39 is 21.8 Å². The summed E-state index contributed by atoms with van der Waals surface area (Å²) in [5.41, 5.74) is 1.89. The Bertz CT molecular complexity index is 1120. The van der Waals surface area contributed by atoms with Crippen LogP contribution in [0.3, 0.4) is 0 Å². The van der Waals surface area contributed by atoms with Gasteiger partial charge in [0.15, 0.2) is 0 Å². The molecule has 8 heteroatoms. The highest BCUT2D eigenvalue weighted by Gasteiger charge is 2.31. The molecule has 166 valence electrons. The summed E-state index contributed by atoms with van der Waals surface area (Å²) in [6.45, 7) is 4.39. The summed E-state index contributed by atoms with van der Waals surface area (Å²) in [4.78, 5) is 11.6. The van der Waals surface area contributed by atoms with E-state index >= 15 is 0 Å². The number of ether oxygens (including phenoxy) is 1. The maximum absolute atomic E-state index is 14.8. The first-order valence-corrected chi connectivity index (χ1v) is 11.6. The minimum atomic E-state index is -3.72. The molecule has 0 saturated carbocycles. The standard InChI is InChI=1S/C23H26FNO5S/c1-4-15-11-18(9-10-21(15)31(28,29)25(3)13-19-14-30-19)22-17(7-6-8-20(22)24)12-16(5-2)23(26)27/h6-12,19H,4-5,13-14H2,1-3H3,(H,26,27)/t19-/m0/s1. The van der Waals surface area contributed by atoms with E-state index in [9.17, 15) is 22.7 Å². The van der Waals surface area contributed by atoms with Crippen LogP contribution in [0.4, 0.5) is 4.39 Å². The third-order valence-electron chi connectivity index (χ3n) is 5.31. The van der Waals surface area contributed by atoms with E-state index in [4.69, 9.17) is 4.74 Å². The summed E-state index contributed by atoms with van der Waals surface area (Å²) < 4.78 is 47.3. The molecule has 0 spiro atoms. The minimum absolute atomic E-state index is 0.0705. The summed E-state index contributed by atoms with van der Waals surface area (Å²) >= 11 is 0. The quantitative estimate of drug-likeness (QED) is 0.465. The van der Waals surface area contributed by atoms with Gasteiger partial charge in [-0.3, -0.25) is 0 Å². The van der Waals surface area contributed by atoms with Crippen LogP contribution in [-0.4, -0.2) is 50.1 Å². The molecule has 1 saturated heterocycles. The van der Waals surface area contributed by atoms with Crippen molar-refractivity contribution in [2.24, 2.45) is 0 Å². The Kier molecular flexibility index (Phi) is 6.93. The third-order valence-corrected chi connectivity index (χ3v) is 7.24. The number of epoxide rings is 1. The second-order valence-electron chi connectivity index (χ2n) is 7.45. The first-order valence-electron chi connectivity index (χ1n) is 10.1. The Morgan fingerprint density at radius 3 is 2.58 bits per heavy atom. The number of halogens is 1. The van der Waals surface area contributed by atoms with Crippen molar-refractivity contribution in [2.45, 2.75) is 37.7 Å². The summed E-state index contributed by atoms with van der Waals surface area (Å²) in [7, 11) is -2.20.